The van der Waals surface area contributed by atoms with Crippen LogP contribution in [0.5, 0.6) is 0 Å². The molecule has 0 aliphatic carbocycles. The van der Waals surface area contributed by atoms with Crippen molar-refractivity contribution in [2.24, 2.45) is 5.73 Å². The van der Waals surface area contributed by atoms with Gasteiger partial charge in [0.25, 0.3) is 0 Å². The highest BCUT2D eigenvalue weighted by Crippen LogP contribution is 1.99. The molecule has 0 spiro atoms. The lowest BCUT2D eigenvalue weighted by Gasteiger charge is -2.00. The Morgan fingerprint density at radius 1 is 1.78 bits per heavy atom. The molecule has 0 aliphatic rings. The summed E-state index contributed by atoms with van der Waals surface area (Å²) in [7, 11) is 0. The number of aldehydes is 1. The standard InChI is InChI=1S/C6H13NOS/c1-9-4-2-3-6(7)5-8/h5-6H,2-4,7H2,1H3. The molecule has 0 aromatic heterocycles. The van der Waals surface area contributed by atoms with Gasteiger partial charge in [-0.05, 0) is 24.9 Å². The average Bonchev–Trinajstić information content (AvgIpc) is 1.89. The zero-order valence-corrected chi connectivity index (χ0v) is 6.49. The van der Waals surface area contributed by atoms with Crippen LogP contribution in [0.1, 0.15) is 12.8 Å². The van der Waals surface area contributed by atoms with E-state index in [1.807, 2.05) is 6.26 Å². The average molecular weight is 147 g/mol. The van der Waals surface area contributed by atoms with Crippen LogP contribution in [0.4, 0.5) is 0 Å². The third-order valence-corrected chi connectivity index (χ3v) is 1.76. The number of carbonyl (C=O) groups excluding carboxylic acids is 1. The number of thioether (sulfide) groups is 1. The van der Waals surface area contributed by atoms with Crippen molar-refractivity contribution in [1.29, 1.82) is 0 Å². The molecule has 0 heterocycles. The van der Waals surface area contributed by atoms with Crippen molar-refractivity contribution in [3.05, 3.63) is 0 Å². The molecule has 54 valence electrons. The van der Waals surface area contributed by atoms with Crippen LogP contribution in [0, 0.1) is 0 Å². The zero-order chi connectivity index (χ0) is 7.11. The first-order valence-electron chi connectivity index (χ1n) is 3.01. The summed E-state index contributed by atoms with van der Waals surface area (Å²) < 4.78 is 0. The molecule has 1 atom stereocenters. The largest absolute Gasteiger partial charge is 0.322 e. The van der Waals surface area contributed by atoms with Crippen molar-refractivity contribution >= 4 is 18.0 Å². The molecule has 0 fully saturated rings. The van der Waals surface area contributed by atoms with E-state index in [0.717, 1.165) is 24.9 Å². The van der Waals surface area contributed by atoms with E-state index in [4.69, 9.17) is 5.73 Å². The molecule has 9 heavy (non-hydrogen) atoms. The van der Waals surface area contributed by atoms with Crippen LogP contribution in [0.25, 0.3) is 0 Å². The molecule has 0 aliphatic heterocycles. The Morgan fingerprint density at radius 2 is 2.44 bits per heavy atom. The van der Waals surface area contributed by atoms with Crippen molar-refractivity contribution in [2.75, 3.05) is 12.0 Å². The molecule has 3 heteroatoms. The van der Waals surface area contributed by atoms with Crippen molar-refractivity contribution < 1.29 is 4.79 Å². The summed E-state index contributed by atoms with van der Waals surface area (Å²) >= 11 is 1.78. The van der Waals surface area contributed by atoms with Gasteiger partial charge in [0.2, 0.25) is 0 Å². The summed E-state index contributed by atoms with van der Waals surface area (Å²) in [5.41, 5.74) is 5.34. The number of rotatable bonds is 5. The molecule has 0 bridgehead atoms. The minimum atomic E-state index is -0.239. The Morgan fingerprint density at radius 3 is 2.89 bits per heavy atom. The molecular formula is C6H13NOS. The highest BCUT2D eigenvalue weighted by molar-refractivity contribution is 7.98. The summed E-state index contributed by atoms with van der Waals surface area (Å²) in [4.78, 5) is 9.97. The number of hydrogen-bond donors (Lipinski definition) is 1. The van der Waals surface area contributed by atoms with Gasteiger partial charge in [-0.2, -0.15) is 11.8 Å². The Hall–Kier alpha value is -0.0200. The van der Waals surface area contributed by atoms with Gasteiger partial charge in [0, 0.05) is 0 Å². The van der Waals surface area contributed by atoms with Crippen molar-refractivity contribution in [3.8, 4) is 0 Å². The first-order valence-corrected chi connectivity index (χ1v) is 4.40. The van der Waals surface area contributed by atoms with Crippen molar-refractivity contribution in [3.63, 3.8) is 0 Å². The third kappa shape index (κ3) is 5.86. The molecule has 1 unspecified atom stereocenters. The third-order valence-electron chi connectivity index (χ3n) is 1.06. The van der Waals surface area contributed by atoms with Gasteiger partial charge in [-0.1, -0.05) is 0 Å². The highest BCUT2D eigenvalue weighted by atomic mass is 32.2. The smallest absolute Gasteiger partial charge is 0.136 e. The summed E-state index contributed by atoms with van der Waals surface area (Å²) in [5.74, 6) is 1.10. The maximum absolute atomic E-state index is 9.97. The monoisotopic (exact) mass is 147 g/mol. The molecule has 2 N–H and O–H groups in total. The van der Waals surface area contributed by atoms with Gasteiger partial charge in [0.05, 0.1) is 6.04 Å². The molecular weight excluding hydrogens is 134 g/mol. The first kappa shape index (κ1) is 8.98. The van der Waals surface area contributed by atoms with E-state index >= 15 is 0 Å². The highest BCUT2D eigenvalue weighted by Gasteiger charge is 1.96. The fourth-order valence-corrected chi connectivity index (χ4v) is 0.987. The topological polar surface area (TPSA) is 43.1 Å². The molecule has 2 nitrogen and oxygen atoms in total. The minimum Gasteiger partial charge on any atom is -0.322 e. The van der Waals surface area contributed by atoms with Crippen molar-refractivity contribution in [2.45, 2.75) is 18.9 Å². The predicted molar refractivity (Wildman–Crippen MR) is 41.7 cm³/mol. The molecule has 0 saturated heterocycles. The van der Waals surface area contributed by atoms with Crippen LogP contribution in [0.15, 0.2) is 0 Å². The lowest BCUT2D eigenvalue weighted by Crippen LogP contribution is -2.21. The van der Waals surface area contributed by atoms with Gasteiger partial charge >= 0.3 is 0 Å². The van der Waals surface area contributed by atoms with E-state index in [-0.39, 0.29) is 6.04 Å². The van der Waals surface area contributed by atoms with Crippen LogP contribution in [0.2, 0.25) is 0 Å². The second-order valence-corrected chi connectivity index (χ2v) is 2.92. The Bertz CT molecular complexity index is 77.5. The molecule has 0 amide bonds. The van der Waals surface area contributed by atoms with Gasteiger partial charge in [-0.15, -0.1) is 0 Å². The molecule has 0 rings (SSSR count). The molecule has 0 radical (unpaired) electrons. The number of hydrogen-bond acceptors (Lipinski definition) is 3. The van der Waals surface area contributed by atoms with Gasteiger partial charge in [-0.3, -0.25) is 0 Å². The summed E-state index contributed by atoms with van der Waals surface area (Å²) in [6, 6.07) is -0.239. The zero-order valence-electron chi connectivity index (χ0n) is 5.67. The summed E-state index contributed by atoms with van der Waals surface area (Å²) in [6.45, 7) is 0. The lowest BCUT2D eigenvalue weighted by atomic mass is 10.2. The minimum absolute atomic E-state index is 0.239. The summed E-state index contributed by atoms with van der Waals surface area (Å²) in [5, 5.41) is 0. The number of carbonyl (C=O) groups is 1. The molecule has 0 saturated carbocycles. The van der Waals surface area contributed by atoms with Gasteiger partial charge in [0.15, 0.2) is 0 Å². The van der Waals surface area contributed by atoms with Gasteiger partial charge in [0.1, 0.15) is 6.29 Å². The van der Waals surface area contributed by atoms with E-state index in [0.29, 0.717) is 0 Å². The van der Waals surface area contributed by atoms with E-state index < -0.39 is 0 Å². The first-order chi connectivity index (χ1) is 4.31. The predicted octanol–water partition coefficient (Wildman–Crippen LogP) is 0.656. The lowest BCUT2D eigenvalue weighted by molar-refractivity contribution is -0.109. The maximum Gasteiger partial charge on any atom is 0.136 e. The van der Waals surface area contributed by atoms with Crippen LogP contribution in [-0.2, 0) is 4.79 Å². The van der Waals surface area contributed by atoms with Crippen molar-refractivity contribution in [1.82, 2.24) is 0 Å². The van der Waals surface area contributed by atoms with E-state index in [1.165, 1.54) is 0 Å². The quantitative estimate of drug-likeness (QED) is 0.459. The fraction of sp³-hybridized carbons (Fsp3) is 0.833. The van der Waals surface area contributed by atoms with E-state index in [2.05, 4.69) is 0 Å². The Kier molecular flexibility index (Phi) is 6.09. The normalized spacial score (nSPS) is 13.1. The van der Waals surface area contributed by atoms with Gasteiger partial charge in [-0.25, -0.2) is 0 Å². The van der Waals surface area contributed by atoms with Crippen LogP contribution < -0.4 is 5.73 Å². The molecule has 0 aromatic rings. The second-order valence-electron chi connectivity index (χ2n) is 1.93. The Labute approximate surface area is 60.2 Å². The van der Waals surface area contributed by atoms with Crippen LogP contribution >= 0.6 is 11.8 Å². The molecule has 0 aromatic carbocycles. The maximum atomic E-state index is 9.97. The van der Waals surface area contributed by atoms with Gasteiger partial charge < -0.3 is 10.5 Å². The summed E-state index contributed by atoms with van der Waals surface area (Å²) in [6.07, 6.45) is 4.72. The van der Waals surface area contributed by atoms with E-state index in [1.54, 1.807) is 11.8 Å². The Balaban J connectivity index is 2.96. The van der Waals surface area contributed by atoms with E-state index in [9.17, 15) is 4.79 Å². The fourth-order valence-electron chi connectivity index (χ4n) is 0.531. The van der Waals surface area contributed by atoms with Crippen LogP contribution in [0.3, 0.4) is 0 Å². The SMILES string of the molecule is CSCCCC(N)C=O. The number of nitrogens with two attached hydrogens (primary N) is 1. The second kappa shape index (κ2) is 6.11. The van der Waals surface area contributed by atoms with Crippen LogP contribution in [-0.4, -0.2) is 24.3 Å².